The quantitative estimate of drug-likeness (QED) is 0.313. The van der Waals surface area contributed by atoms with Crippen LogP contribution in [0.2, 0.25) is 5.02 Å². The fourth-order valence-corrected chi connectivity index (χ4v) is 3.88. The molecule has 0 aliphatic carbocycles. The average Bonchev–Trinajstić information content (AvgIpc) is 3.05. The van der Waals surface area contributed by atoms with Gasteiger partial charge in [0.15, 0.2) is 0 Å². The van der Waals surface area contributed by atoms with Gasteiger partial charge in [-0.1, -0.05) is 23.7 Å². The molecule has 3 aromatic carbocycles. The molecule has 5 nitrogen and oxygen atoms in total. The highest BCUT2D eigenvalue weighted by Crippen LogP contribution is 2.44. The fraction of sp³-hybridized carbons (Fsp3) is 0.0833. The maximum Gasteiger partial charge on any atom is 0.300 e. The van der Waals surface area contributed by atoms with Gasteiger partial charge in [-0.2, -0.15) is 0 Å². The number of hydrogen-bond acceptors (Lipinski definition) is 4. The highest BCUT2D eigenvalue weighted by atomic mass is 35.5. The summed E-state index contributed by atoms with van der Waals surface area (Å²) in [5.41, 5.74) is -0.574. The van der Waals surface area contributed by atoms with Gasteiger partial charge in [0.05, 0.1) is 29.4 Å². The molecule has 1 aliphatic heterocycles. The van der Waals surface area contributed by atoms with Gasteiger partial charge in [0.1, 0.15) is 29.0 Å². The summed E-state index contributed by atoms with van der Waals surface area (Å²) in [6, 6.07) is 10.3. The van der Waals surface area contributed by atoms with Crippen LogP contribution in [0.1, 0.15) is 17.2 Å². The SMILES string of the molecule is COc1ccc(Cl)c(/C(O)=C2\C(=O)C(=O)N(c3ccc(F)cc3F)C2c2ccc(F)cc2)c1. The van der Waals surface area contributed by atoms with Crippen LogP contribution >= 0.6 is 11.6 Å². The molecule has 4 rings (SSSR count). The number of nitrogens with zero attached hydrogens (tertiary/aromatic N) is 1. The first-order valence-electron chi connectivity index (χ1n) is 9.58. The van der Waals surface area contributed by atoms with Gasteiger partial charge in [0, 0.05) is 11.6 Å². The van der Waals surface area contributed by atoms with E-state index < -0.39 is 46.5 Å². The second-order valence-corrected chi connectivity index (χ2v) is 7.57. The second-order valence-electron chi connectivity index (χ2n) is 7.16. The van der Waals surface area contributed by atoms with E-state index in [0.717, 1.165) is 29.2 Å². The molecule has 9 heteroatoms. The lowest BCUT2D eigenvalue weighted by molar-refractivity contribution is -0.132. The molecule has 33 heavy (non-hydrogen) atoms. The molecule has 0 aromatic heterocycles. The van der Waals surface area contributed by atoms with Crippen LogP contribution in [0.3, 0.4) is 0 Å². The van der Waals surface area contributed by atoms with Gasteiger partial charge in [0.2, 0.25) is 0 Å². The van der Waals surface area contributed by atoms with Gasteiger partial charge in [-0.05, 0) is 48.0 Å². The molecule has 0 spiro atoms. The first-order chi connectivity index (χ1) is 15.7. The number of carbonyl (C=O) groups is 2. The molecular weight excluding hydrogens is 459 g/mol. The molecule has 1 fully saturated rings. The summed E-state index contributed by atoms with van der Waals surface area (Å²) in [6.07, 6.45) is 0. The number of Topliss-reactive ketones (excluding diaryl/α,β-unsaturated/α-hetero) is 1. The summed E-state index contributed by atoms with van der Waals surface area (Å²) in [5.74, 6) is -5.15. The van der Waals surface area contributed by atoms with Gasteiger partial charge >= 0.3 is 0 Å². The minimum Gasteiger partial charge on any atom is -0.507 e. The summed E-state index contributed by atoms with van der Waals surface area (Å²) < 4.78 is 46.8. The van der Waals surface area contributed by atoms with Gasteiger partial charge in [-0.15, -0.1) is 0 Å². The number of ketones is 1. The Morgan fingerprint density at radius 3 is 2.27 bits per heavy atom. The van der Waals surface area contributed by atoms with Crippen molar-refractivity contribution in [2.24, 2.45) is 0 Å². The number of benzene rings is 3. The Labute approximate surface area is 191 Å². The van der Waals surface area contributed by atoms with E-state index in [-0.39, 0.29) is 21.8 Å². The van der Waals surface area contributed by atoms with Crippen molar-refractivity contribution in [1.82, 2.24) is 0 Å². The summed E-state index contributed by atoms with van der Waals surface area (Å²) in [6.45, 7) is 0. The predicted octanol–water partition coefficient (Wildman–Crippen LogP) is 5.39. The topological polar surface area (TPSA) is 66.8 Å². The van der Waals surface area contributed by atoms with Crippen molar-refractivity contribution in [1.29, 1.82) is 0 Å². The van der Waals surface area contributed by atoms with E-state index in [0.29, 0.717) is 11.8 Å². The second kappa shape index (κ2) is 8.63. The monoisotopic (exact) mass is 473 g/mol. The van der Waals surface area contributed by atoms with E-state index in [4.69, 9.17) is 16.3 Å². The lowest BCUT2D eigenvalue weighted by Gasteiger charge is -2.26. The van der Waals surface area contributed by atoms with Crippen LogP contribution in [-0.4, -0.2) is 23.9 Å². The number of amides is 1. The van der Waals surface area contributed by atoms with Gasteiger partial charge in [-0.3, -0.25) is 14.5 Å². The van der Waals surface area contributed by atoms with Crippen molar-refractivity contribution < 1.29 is 32.6 Å². The van der Waals surface area contributed by atoms with Crippen LogP contribution in [0, 0.1) is 17.5 Å². The molecule has 1 heterocycles. The van der Waals surface area contributed by atoms with Crippen LogP contribution in [0.5, 0.6) is 5.75 Å². The molecule has 1 aliphatic rings. The molecule has 1 saturated heterocycles. The number of carbonyl (C=O) groups excluding carboxylic acids is 2. The standard InChI is InChI=1S/C24H15ClF3NO4/c1-33-15-7-8-17(25)16(11-15)22(30)20-21(12-2-4-13(26)5-3-12)29(24(32)23(20)31)19-9-6-14(27)10-18(19)28/h2-11,21,30H,1H3/b22-20+. The van der Waals surface area contributed by atoms with Crippen LogP contribution < -0.4 is 9.64 Å². The molecule has 0 radical (unpaired) electrons. The zero-order chi connectivity index (χ0) is 23.9. The minimum absolute atomic E-state index is 0.000654. The first kappa shape index (κ1) is 22.4. The number of anilines is 1. The smallest absolute Gasteiger partial charge is 0.300 e. The van der Waals surface area contributed by atoms with E-state index >= 15 is 0 Å². The zero-order valence-electron chi connectivity index (χ0n) is 17.0. The predicted molar refractivity (Wildman–Crippen MR) is 116 cm³/mol. The molecule has 168 valence electrons. The summed E-state index contributed by atoms with van der Waals surface area (Å²) in [4.78, 5) is 26.8. The third kappa shape index (κ3) is 3.93. The average molecular weight is 474 g/mol. The summed E-state index contributed by atoms with van der Waals surface area (Å²) in [7, 11) is 1.39. The van der Waals surface area contributed by atoms with Crippen LogP contribution in [0.25, 0.3) is 5.76 Å². The highest BCUT2D eigenvalue weighted by Gasteiger charge is 2.48. The van der Waals surface area contributed by atoms with Crippen LogP contribution in [0.4, 0.5) is 18.9 Å². The number of rotatable bonds is 4. The Balaban J connectivity index is 1.99. The van der Waals surface area contributed by atoms with Crippen molar-refractivity contribution in [3.05, 3.63) is 99.8 Å². The van der Waals surface area contributed by atoms with Crippen molar-refractivity contribution in [2.75, 3.05) is 12.0 Å². The largest absolute Gasteiger partial charge is 0.507 e. The van der Waals surface area contributed by atoms with Crippen molar-refractivity contribution in [3.8, 4) is 5.75 Å². The van der Waals surface area contributed by atoms with Crippen molar-refractivity contribution >= 4 is 34.7 Å². The summed E-state index contributed by atoms with van der Waals surface area (Å²) in [5, 5.41) is 11.1. The number of hydrogen-bond donors (Lipinski definition) is 1. The van der Waals surface area contributed by atoms with E-state index in [1.807, 2.05) is 0 Å². The molecule has 1 N–H and O–H groups in total. The molecule has 1 amide bonds. The normalized spacial score (nSPS) is 17.5. The maximum atomic E-state index is 14.6. The third-order valence-electron chi connectivity index (χ3n) is 5.23. The number of methoxy groups -OCH3 is 1. The lowest BCUT2D eigenvalue weighted by atomic mass is 9.95. The van der Waals surface area contributed by atoms with Crippen LogP contribution in [-0.2, 0) is 9.59 Å². The van der Waals surface area contributed by atoms with E-state index in [1.54, 1.807) is 0 Å². The molecular formula is C24H15ClF3NO4. The third-order valence-corrected chi connectivity index (χ3v) is 5.56. The Morgan fingerprint density at radius 1 is 0.970 bits per heavy atom. The molecule has 1 atom stereocenters. The van der Waals surface area contributed by atoms with Gasteiger partial charge < -0.3 is 9.84 Å². The molecule has 0 bridgehead atoms. The Bertz CT molecular complexity index is 1310. The van der Waals surface area contributed by atoms with E-state index in [2.05, 4.69) is 0 Å². The van der Waals surface area contributed by atoms with E-state index in [1.165, 1.54) is 37.4 Å². The molecule has 1 unspecified atom stereocenters. The zero-order valence-corrected chi connectivity index (χ0v) is 17.7. The van der Waals surface area contributed by atoms with E-state index in [9.17, 15) is 27.9 Å². The number of aliphatic hydroxyl groups is 1. The summed E-state index contributed by atoms with van der Waals surface area (Å²) >= 11 is 6.21. The highest BCUT2D eigenvalue weighted by molar-refractivity contribution is 6.52. The van der Waals surface area contributed by atoms with Gasteiger partial charge in [0.25, 0.3) is 11.7 Å². The number of aliphatic hydroxyl groups excluding tert-OH is 1. The van der Waals surface area contributed by atoms with Gasteiger partial charge in [-0.25, -0.2) is 13.2 Å². The number of halogens is 4. The molecule has 0 saturated carbocycles. The maximum absolute atomic E-state index is 14.6. The number of ether oxygens (including phenoxy) is 1. The minimum atomic E-state index is -1.34. The van der Waals surface area contributed by atoms with Crippen molar-refractivity contribution in [2.45, 2.75) is 6.04 Å². The lowest BCUT2D eigenvalue weighted by Crippen LogP contribution is -2.30. The van der Waals surface area contributed by atoms with Crippen molar-refractivity contribution in [3.63, 3.8) is 0 Å². The Morgan fingerprint density at radius 2 is 1.64 bits per heavy atom. The van der Waals surface area contributed by atoms with Crippen LogP contribution in [0.15, 0.2) is 66.2 Å². The first-order valence-corrected chi connectivity index (χ1v) is 9.96. The Hall–Kier alpha value is -3.78. The Kier molecular flexibility index (Phi) is 5.86. The molecule has 3 aromatic rings. The fourth-order valence-electron chi connectivity index (χ4n) is 3.68.